The number of fused-ring (bicyclic) bond motifs is 1. The molecule has 1 aliphatic heterocycles. The zero-order valence-corrected chi connectivity index (χ0v) is 67.8. The van der Waals surface area contributed by atoms with Crippen LogP contribution in [0.4, 0.5) is 17.6 Å². The molecule has 3 radical (unpaired) electrons. The van der Waals surface area contributed by atoms with Gasteiger partial charge in [0.15, 0.2) is 0 Å². The van der Waals surface area contributed by atoms with Crippen molar-refractivity contribution >= 4 is 124 Å². The SMILES string of the molecule is ClCCl.O=C1OI(O)(O)(O)c2ccccc21.[2H]B([3H])CSOC(CC[C@@H]1[C@@H](CCCCCCC(=O)O)[C@@H](O)C[C@H]1OP[3H])C(F)(F)CCCC.[2H]B([3H])CSOC(CC[C@H]1[C@H](OP[3H])CC(=O)[C@@H]1CCCCCCC(=O)O)C(F)(F)CCCC.[Ac].[Ac].[Ac]. The van der Waals surface area contributed by atoms with Gasteiger partial charge in [0.1, 0.15) is 33.5 Å². The van der Waals surface area contributed by atoms with Crippen LogP contribution >= 0.6 is 84.8 Å². The van der Waals surface area contributed by atoms with Crippen LogP contribution in [0.2, 0.25) is 0 Å². The number of halogens is 7. The van der Waals surface area contributed by atoms with Crippen LogP contribution in [0, 0.1) is 159 Å². The predicted molar refractivity (Wildman–Crippen MR) is 321 cm³/mol. The van der Waals surface area contributed by atoms with Crippen LogP contribution in [0.5, 0.6) is 0 Å². The van der Waals surface area contributed by atoms with Gasteiger partial charge in [-0.15, -0.1) is 23.2 Å². The molecule has 6 N–H and O–H groups in total. The fourth-order valence-electron chi connectivity index (χ4n) is 9.85. The molecule has 31 heteroatoms. The van der Waals surface area contributed by atoms with Gasteiger partial charge in [-0.2, -0.15) is 0 Å². The Labute approximate surface area is 622 Å². The monoisotopic (exact) mass is 2040 g/mol. The normalized spacial score (nSPS) is 23.8. The number of hydrogen-bond donors (Lipinski definition) is 6. The summed E-state index contributed by atoms with van der Waals surface area (Å²) in [6, 6.07) is 5.68. The van der Waals surface area contributed by atoms with Gasteiger partial charge in [-0.05, 0) is 123 Å². The van der Waals surface area contributed by atoms with E-state index in [1.54, 1.807) is 6.07 Å². The number of Topliss-reactive ketones (excluding diaryl/α,β-unsaturated/α-hetero) is 1. The van der Waals surface area contributed by atoms with Crippen molar-refractivity contribution in [3.05, 3.63) is 33.4 Å². The molecule has 4 unspecified atom stereocenters. The molecule has 0 bridgehead atoms. The first-order chi connectivity index (χ1) is 39.5. The molecule has 2 fully saturated rings. The summed E-state index contributed by atoms with van der Waals surface area (Å²) in [6.07, 6.45) is 6.09. The third-order valence-corrected chi connectivity index (χ3v) is 19.6. The largest absolute Gasteiger partial charge is 0.481 e. The van der Waals surface area contributed by atoms with E-state index in [0.717, 1.165) is 62.6 Å². The topological polar surface area (TPSA) is 236 Å². The fraction of sp³-hybridized carbons (Fsp3) is 0.800. The maximum Gasteiger partial charge on any atom is 0.303 e. The first kappa shape index (κ1) is 77.5. The summed E-state index contributed by atoms with van der Waals surface area (Å²) in [6.45, 7) is 3.69. The summed E-state index contributed by atoms with van der Waals surface area (Å²) in [5, 5.41) is 28.3. The Balaban J connectivity index is -0.00000126. The van der Waals surface area contributed by atoms with Crippen LogP contribution < -0.4 is 0 Å². The Morgan fingerprint density at radius 2 is 1.25 bits per heavy atom. The maximum atomic E-state index is 14.9. The van der Waals surface area contributed by atoms with E-state index in [2.05, 4.69) is 3.07 Å². The standard InChI is InChI=1S/C21H40BF2O5PS.C21H38BF2O5PS.C7H7IO5.CH2Cl2.3Ac/c2*1-2-3-12-21(23,24)19(29-31-14-22)11-10-16-15(17(25)13-18(16)28-30)8-6-4-5-7-9-20(26)27;9-7-5-3-1-2-4-6(5)8(10,11,12)13-7;2-1-3;;;/h15-19,25H,2-14,22,30H2,1H3,(H,26,27);15-16,18-19H,2-14,22,30H2,1H3,(H,26,27);1-4,10-12H;1H2;;;/t15-,16-,17+,18-,19?;15-,16-,18-,19?;;;;;/m11...../s1/i2*22TD,30T;;;;;/t15-,16-,17+,18-,19?,30?;15-,16-,18-,19?,30?;;;;;. The zero-order valence-electron chi connectivity index (χ0n) is 52.3. The number of carboxylic acid groups (broad SMARTS) is 2. The van der Waals surface area contributed by atoms with Crippen molar-refractivity contribution in [2.75, 3.05) is 16.6 Å². The molecule has 2 saturated carbocycles. The van der Waals surface area contributed by atoms with Gasteiger partial charge in [0.25, 0.3) is 11.8 Å². The Hall–Kier alpha value is 4.02. The second-order valence-electron chi connectivity index (χ2n) is 19.4. The van der Waals surface area contributed by atoms with Crippen molar-refractivity contribution in [1.82, 2.24) is 0 Å². The van der Waals surface area contributed by atoms with E-state index in [4.69, 9.17) is 58.7 Å². The minimum Gasteiger partial charge on any atom is -0.481 e. The summed E-state index contributed by atoms with van der Waals surface area (Å²) in [4.78, 5) is 45.0. The molecule has 81 heavy (non-hydrogen) atoms. The summed E-state index contributed by atoms with van der Waals surface area (Å²) in [7, 11) is -3.37. The summed E-state index contributed by atoms with van der Waals surface area (Å²) in [5.74, 6) is -9.44. The quantitative estimate of drug-likeness (QED) is 0.00681. The molecule has 0 spiro atoms. The maximum absolute atomic E-state index is 14.9. The van der Waals surface area contributed by atoms with Crippen LogP contribution in [0.3, 0.4) is 0 Å². The van der Waals surface area contributed by atoms with Crippen molar-refractivity contribution in [2.24, 2.45) is 23.7 Å². The first-order valence-electron chi connectivity index (χ1n) is 29.7. The van der Waals surface area contributed by atoms with Crippen molar-refractivity contribution in [3.63, 3.8) is 0 Å². The Morgan fingerprint density at radius 3 is 1.72 bits per heavy atom. The van der Waals surface area contributed by atoms with Crippen molar-refractivity contribution in [3.8, 4) is 0 Å². The third-order valence-electron chi connectivity index (χ3n) is 13.8. The Bertz CT molecular complexity index is 2070. The molecule has 1 aromatic rings. The van der Waals surface area contributed by atoms with E-state index in [9.17, 15) is 52.2 Å². The molecular weight excluding hydrogens is 1940 g/mol. The van der Waals surface area contributed by atoms with Crippen molar-refractivity contribution < 1.29 is 215 Å². The number of ketones is 1. The number of carbonyl (C=O) groups is 4. The summed E-state index contributed by atoms with van der Waals surface area (Å²) < 4.78 is 157. The van der Waals surface area contributed by atoms with E-state index in [1.807, 2.05) is 13.8 Å². The fourth-order valence-corrected chi connectivity index (χ4v) is 14.8. The molecule has 4 rings (SSSR count). The van der Waals surface area contributed by atoms with Gasteiger partial charge in [0, 0.05) is 195 Å². The predicted octanol–water partition coefficient (Wildman–Crippen LogP) is 11.5. The Kier molecular flexibility index (Phi) is 46.6. The van der Waals surface area contributed by atoms with Crippen molar-refractivity contribution in [1.29, 1.82) is 7.90 Å². The molecule has 11 atom stereocenters. The zero-order chi connectivity index (χ0) is 63.5. The number of alkyl halides is 6. The molecule has 0 aromatic heterocycles. The molecule has 463 valence electrons. The molecule has 0 amide bonds. The number of carbonyl (C=O) groups excluding carboxylic acids is 2. The van der Waals surface area contributed by atoms with Gasteiger partial charge in [0.2, 0.25) is 0 Å². The van der Waals surface area contributed by atoms with E-state index >= 15 is 0 Å². The van der Waals surface area contributed by atoms with Crippen LogP contribution in [0.25, 0.3) is 0 Å². The number of hydrogen-bond acceptors (Lipinski definition) is 15. The first-order valence-corrected chi connectivity index (χ1v) is 35.0. The van der Waals surface area contributed by atoms with Crippen LogP contribution in [-0.2, 0) is 34.9 Å². The van der Waals surface area contributed by atoms with Gasteiger partial charge >= 0.3 is 88.2 Å². The van der Waals surface area contributed by atoms with Gasteiger partial charge in [0.05, 0.1) is 26.2 Å². The smallest absolute Gasteiger partial charge is 0.303 e. The van der Waals surface area contributed by atoms with E-state index < -0.39 is 107 Å². The van der Waals surface area contributed by atoms with Gasteiger partial charge in [-0.25, -0.2) is 17.6 Å². The number of aliphatic carboxylic acids is 2. The van der Waals surface area contributed by atoms with Crippen LogP contribution in [0.15, 0.2) is 24.3 Å². The van der Waals surface area contributed by atoms with Crippen molar-refractivity contribution in [2.45, 2.75) is 210 Å². The second-order valence-corrected chi connectivity index (χ2v) is 28.2. The molecule has 15 nitrogen and oxygen atoms in total. The molecule has 0 saturated heterocycles. The number of aliphatic hydroxyl groups excluding tert-OH is 1. The molecule has 1 heterocycles. The van der Waals surface area contributed by atoms with Gasteiger partial charge < -0.3 is 32.7 Å². The van der Waals surface area contributed by atoms with E-state index in [1.165, 1.54) is 18.2 Å². The minimum atomic E-state index is -5.96. The number of rotatable bonds is 40. The van der Waals surface area contributed by atoms with Gasteiger partial charge in [-0.3, -0.25) is 14.4 Å². The number of unbranched alkanes of at least 4 members (excludes halogenated alkanes) is 8. The van der Waals surface area contributed by atoms with E-state index in [0.29, 0.717) is 70.6 Å². The summed E-state index contributed by atoms with van der Waals surface area (Å²) >= 11 is 5.03. The molecular formula is C50H87Ac3B2Cl2F4IO15P2S2. The average molecular weight is 2040 g/mol. The number of carboxylic acids is 2. The van der Waals surface area contributed by atoms with Gasteiger partial charge in [-0.1, -0.05) is 65.2 Å². The molecule has 3 aliphatic rings. The average Bonchev–Trinajstić information content (AvgIpc) is 1.75. The third kappa shape index (κ3) is 35.0. The molecule has 2 aliphatic carbocycles. The second kappa shape index (κ2) is 48.7. The van der Waals surface area contributed by atoms with Crippen LogP contribution in [0.1, 0.15) is 178 Å². The minimum absolute atomic E-state index is 0. The number of aliphatic hydroxyl groups is 1. The van der Waals surface area contributed by atoms with Crippen LogP contribution in [-0.4, -0.2) is 132 Å². The summed E-state index contributed by atoms with van der Waals surface area (Å²) in [5.41, 5.74) is -0.0268. The van der Waals surface area contributed by atoms with E-state index in [-0.39, 0.29) is 238 Å². The number of benzene rings is 1. The molecule has 1 aromatic carbocycles. The Morgan fingerprint density at radius 1 is 0.778 bits per heavy atom.